The lowest BCUT2D eigenvalue weighted by Crippen LogP contribution is -2.34. The Kier molecular flexibility index (Phi) is 4.94. The van der Waals surface area contributed by atoms with Crippen LogP contribution >= 0.6 is 0 Å². The van der Waals surface area contributed by atoms with E-state index in [9.17, 15) is 23.5 Å². The standard InChI is InChI=1S/C14H12BF3N4O2/c1-15(23)22(10-5-3-9(4-6-10)14(16,17)18)13-11(7-19)21-12(24-2)8-20-13/h3-6,8,23H,1-2H3. The molecule has 0 aliphatic rings. The highest BCUT2D eigenvalue weighted by Gasteiger charge is 2.31. The van der Waals surface area contributed by atoms with Crippen molar-refractivity contribution in [2.45, 2.75) is 13.0 Å². The number of ether oxygens (including phenoxy) is 1. The number of alkyl halides is 3. The van der Waals surface area contributed by atoms with Gasteiger partial charge in [0.05, 0.1) is 18.9 Å². The SMILES string of the molecule is COc1cnc(N(B(C)O)c2ccc(C(F)(F)F)cc2)c(C#N)n1. The van der Waals surface area contributed by atoms with Gasteiger partial charge in [-0.25, -0.2) is 4.98 Å². The summed E-state index contributed by atoms with van der Waals surface area (Å²) in [4.78, 5) is 9.14. The van der Waals surface area contributed by atoms with Crippen LogP contribution in [0.25, 0.3) is 0 Å². The minimum absolute atomic E-state index is 0.00746. The molecule has 0 amide bonds. The molecule has 1 aromatic heterocycles. The predicted octanol–water partition coefficient (Wildman–Crippen LogP) is 2.62. The summed E-state index contributed by atoms with van der Waals surface area (Å²) in [6.07, 6.45) is -3.22. The topological polar surface area (TPSA) is 82.3 Å². The highest BCUT2D eigenvalue weighted by Crippen LogP contribution is 2.33. The average Bonchev–Trinajstić information content (AvgIpc) is 2.54. The Morgan fingerprint density at radius 1 is 1.29 bits per heavy atom. The fourth-order valence-electron chi connectivity index (χ4n) is 2.04. The number of nitrogens with zero attached hydrogens (tertiary/aromatic N) is 4. The highest BCUT2D eigenvalue weighted by atomic mass is 19.4. The normalized spacial score (nSPS) is 10.9. The van der Waals surface area contributed by atoms with Crippen LogP contribution in [0.5, 0.6) is 5.88 Å². The highest BCUT2D eigenvalue weighted by molar-refractivity contribution is 6.55. The maximum atomic E-state index is 12.7. The summed E-state index contributed by atoms with van der Waals surface area (Å²) in [6, 6.07) is 5.96. The minimum atomic E-state index is -4.47. The average molecular weight is 336 g/mol. The van der Waals surface area contributed by atoms with Gasteiger partial charge in [-0.3, -0.25) is 0 Å². The third kappa shape index (κ3) is 3.57. The van der Waals surface area contributed by atoms with Crippen LogP contribution in [0.15, 0.2) is 30.5 Å². The van der Waals surface area contributed by atoms with E-state index >= 15 is 0 Å². The lowest BCUT2D eigenvalue weighted by Gasteiger charge is -2.25. The first-order chi connectivity index (χ1) is 11.3. The Labute approximate surface area is 136 Å². The van der Waals surface area contributed by atoms with Gasteiger partial charge in [0.2, 0.25) is 5.88 Å². The van der Waals surface area contributed by atoms with Crippen LogP contribution in [0, 0.1) is 11.3 Å². The Morgan fingerprint density at radius 3 is 2.38 bits per heavy atom. The van der Waals surface area contributed by atoms with E-state index in [0.717, 1.165) is 12.1 Å². The molecule has 2 rings (SSSR count). The second-order valence-corrected chi connectivity index (χ2v) is 4.74. The number of halogens is 3. The first kappa shape index (κ1) is 17.6. The first-order valence-electron chi connectivity index (χ1n) is 6.73. The number of benzene rings is 1. The third-order valence-electron chi connectivity index (χ3n) is 3.12. The molecule has 10 heteroatoms. The lowest BCUT2D eigenvalue weighted by molar-refractivity contribution is -0.137. The third-order valence-corrected chi connectivity index (χ3v) is 3.12. The Morgan fingerprint density at radius 2 is 1.92 bits per heavy atom. The summed E-state index contributed by atoms with van der Waals surface area (Å²) >= 11 is 0. The van der Waals surface area contributed by atoms with Gasteiger partial charge in [0.25, 0.3) is 0 Å². The van der Waals surface area contributed by atoms with Gasteiger partial charge in [-0.2, -0.15) is 23.4 Å². The summed E-state index contributed by atoms with van der Waals surface area (Å²) in [5.74, 6) is 0.112. The molecule has 1 aromatic carbocycles. The molecule has 0 saturated heterocycles. The van der Waals surface area contributed by atoms with E-state index < -0.39 is 18.8 Å². The van der Waals surface area contributed by atoms with Crippen LogP contribution in [-0.2, 0) is 6.18 Å². The molecule has 0 spiro atoms. The molecule has 6 nitrogen and oxygen atoms in total. The van der Waals surface area contributed by atoms with Crippen LogP contribution < -0.4 is 9.55 Å². The van der Waals surface area contributed by atoms with Crippen molar-refractivity contribution >= 4 is 18.6 Å². The van der Waals surface area contributed by atoms with Gasteiger partial charge in [0.1, 0.15) is 6.07 Å². The molecule has 0 bridgehead atoms. The summed E-state index contributed by atoms with van der Waals surface area (Å²) in [7, 11) is 0.198. The quantitative estimate of drug-likeness (QED) is 0.865. The summed E-state index contributed by atoms with van der Waals surface area (Å²) in [5, 5.41) is 19.2. The molecular formula is C14H12BF3N4O2. The Hall–Kier alpha value is -2.80. The monoisotopic (exact) mass is 336 g/mol. The minimum Gasteiger partial charge on any atom is -0.480 e. The second-order valence-electron chi connectivity index (χ2n) is 4.74. The molecule has 0 saturated carbocycles. The van der Waals surface area contributed by atoms with Crippen molar-refractivity contribution in [1.29, 1.82) is 5.26 Å². The van der Waals surface area contributed by atoms with Crippen molar-refractivity contribution in [2.75, 3.05) is 11.9 Å². The number of nitriles is 1. The Balaban J connectivity index is 2.50. The number of methoxy groups -OCH3 is 1. The summed E-state index contributed by atoms with van der Waals surface area (Å²) in [5.41, 5.74) is -0.720. The van der Waals surface area contributed by atoms with Crippen molar-refractivity contribution in [1.82, 2.24) is 9.97 Å². The van der Waals surface area contributed by atoms with Gasteiger partial charge in [0.15, 0.2) is 11.5 Å². The molecule has 0 fully saturated rings. The van der Waals surface area contributed by atoms with E-state index in [1.807, 2.05) is 6.07 Å². The van der Waals surface area contributed by atoms with Crippen molar-refractivity contribution in [3.63, 3.8) is 0 Å². The van der Waals surface area contributed by atoms with Crippen molar-refractivity contribution < 1.29 is 22.9 Å². The molecule has 0 aliphatic carbocycles. The molecule has 1 heterocycles. The molecule has 0 atom stereocenters. The molecule has 24 heavy (non-hydrogen) atoms. The Bertz CT molecular complexity index is 760. The smallest absolute Gasteiger partial charge is 0.416 e. The number of rotatable bonds is 4. The van der Waals surface area contributed by atoms with Crippen molar-refractivity contribution in [3.05, 3.63) is 41.7 Å². The zero-order valence-electron chi connectivity index (χ0n) is 12.7. The molecule has 124 valence electrons. The molecule has 0 radical (unpaired) electrons. The van der Waals surface area contributed by atoms with E-state index in [4.69, 9.17) is 4.74 Å². The van der Waals surface area contributed by atoms with Gasteiger partial charge in [-0.1, -0.05) is 0 Å². The number of hydrogen-bond acceptors (Lipinski definition) is 6. The van der Waals surface area contributed by atoms with Crippen molar-refractivity contribution in [2.24, 2.45) is 0 Å². The summed E-state index contributed by atoms with van der Waals surface area (Å²) < 4.78 is 42.9. The largest absolute Gasteiger partial charge is 0.480 e. The molecular weight excluding hydrogens is 324 g/mol. The fraction of sp³-hybridized carbons (Fsp3) is 0.214. The fourth-order valence-corrected chi connectivity index (χ4v) is 2.04. The maximum Gasteiger partial charge on any atom is 0.416 e. The van der Waals surface area contributed by atoms with E-state index in [-0.39, 0.29) is 23.1 Å². The zero-order valence-corrected chi connectivity index (χ0v) is 12.7. The first-order valence-corrected chi connectivity index (χ1v) is 6.73. The number of hydrogen-bond donors (Lipinski definition) is 1. The molecule has 0 unspecified atom stereocenters. The van der Waals surface area contributed by atoms with E-state index in [0.29, 0.717) is 0 Å². The summed E-state index contributed by atoms with van der Waals surface area (Å²) in [6.45, 7) is 1.39. The second kappa shape index (κ2) is 6.76. The van der Waals surface area contributed by atoms with E-state index in [1.54, 1.807) is 0 Å². The van der Waals surface area contributed by atoms with Crippen LogP contribution in [0.1, 0.15) is 11.3 Å². The van der Waals surface area contributed by atoms with Crippen LogP contribution in [-0.4, -0.2) is 29.2 Å². The van der Waals surface area contributed by atoms with Gasteiger partial charge in [0, 0.05) is 5.69 Å². The number of aromatic nitrogens is 2. The zero-order chi connectivity index (χ0) is 17.9. The van der Waals surface area contributed by atoms with Gasteiger partial charge >= 0.3 is 13.2 Å². The van der Waals surface area contributed by atoms with Gasteiger partial charge < -0.3 is 14.6 Å². The maximum absolute atomic E-state index is 12.7. The lowest BCUT2D eigenvalue weighted by atomic mass is 9.84. The molecule has 2 aromatic rings. The van der Waals surface area contributed by atoms with Gasteiger partial charge in [-0.05, 0) is 31.1 Å². The van der Waals surface area contributed by atoms with Crippen LogP contribution in [0.4, 0.5) is 24.7 Å². The predicted molar refractivity (Wildman–Crippen MR) is 80.7 cm³/mol. The number of anilines is 2. The van der Waals surface area contributed by atoms with Crippen LogP contribution in [0.3, 0.4) is 0 Å². The molecule has 1 N–H and O–H groups in total. The van der Waals surface area contributed by atoms with E-state index in [2.05, 4.69) is 9.97 Å². The van der Waals surface area contributed by atoms with Crippen LogP contribution in [0.2, 0.25) is 6.82 Å². The van der Waals surface area contributed by atoms with Crippen molar-refractivity contribution in [3.8, 4) is 11.9 Å². The van der Waals surface area contributed by atoms with E-state index in [1.165, 1.54) is 37.1 Å². The van der Waals surface area contributed by atoms with Gasteiger partial charge in [-0.15, -0.1) is 0 Å². The molecule has 0 aliphatic heterocycles.